The number of amides is 1. The molecule has 0 spiro atoms. The molecule has 2 bridgehead atoms. The van der Waals surface area contributed by atoms with Crippen molar-refractivity contribution in [3.05, 3.63) is 64.2 Å². The Hall–Kier alpha value is -2.47. The van der Waals surface area contributed by atoms with Crippen molar-refractivity contribution in [2.75, 3.05) is 6.61 Å². The Morgan fingerprint density at radius 1 is 1.10 bits per heavy atom. The summed E-state index contributed by atoms with van der Waals surface area (Å²) in [5.41, 5.74) is 0.441. The molecule has 5 rings (SSSR count). The van der Waals surface area contributed by atoms with Crippen LogP contribution in [0.4, 0.5) is 8.78 Å². The van der Waals surface area contributed by atoms with Crippen LogP contribution >= 0.6 is 11.6 Å². The van der Waals surface area contributed by atoms with Crippen LogP contribution in [0.3, 0.4) is 0 Å². The van der Waals surface area contributed by atoms with Gasteiger partial charge >= 0.3 is 0 Å². The number of ether oxygens (including phenoxy) is 1. The first-order chi connectivity index (χ1) is 13.7. The first kappa shape index (κ1) is 19.8. The number of benzene rings is 2. The lowest BCUT2D eigenvalue weighted by molar-refractivity contribution is -0.164. The third-order valence-electron chi connectivity index (χ3n) is 5.77. The van der Waals surface area contributed by atoms with E-state index in [9.17, 15) is 18.4 Å². The molecule has 3 saturated carbocycles. The largest absolute Gasteiger partial charge is 0.484 e. The molecule has 1 N–H and O–H groups in total. The molecule has 3 fully saturated rings. The maximum Gasteiger partial charge on any atom is 0.258 e. The maximum atomic E-state index is 14.0. The van der Waals surface area contributed by atoms with Crippen LogP contribution in [-0.4, -0.2) is 23.8 Å². The van der Waals surface area contributed by atoms with Gasteiger partial charge in [-0.3, -0.25) is 9.59 Å². The zero-order valence-electron chi connectivity index (χ0n) is 15.9. The van der Waals surface area contributed by atoms with Gasteiger partial charge in [-0.2, -0.15) is 0 Å². The predicted octanol–water partition coefficient (Wildman–Crippen LogP) is 4.62. The molecule has 0 unspecified atom stereocenters. The summed E-state index contributed by atoms with van der Waals surface area (Å²) in [6.07, 6.45) is 2.37. The molecule has 0 heterocycles. The molecular weight excluding hydrogens is 400 g/mol. The minimum atomic E-state index is -0.611. The number of hydrogen-bond donors (Lipinski definition) is 1. The molecule has 7 heteroatoms. The highest BCUT2D eigenvalue weighted by Gasteiger charge is 2.68. The molecule has 0 saturated heterocycles. The predicted molar refractivity (Wildman–Crippen MR) is 104 cm³/mol. The monoisotopic (exact) mass is 419 g/mol. The smallest absolute Gasteiger partial charge is 0.258 e. The van der Waals surface area contributed by atoms with Crippen LogP contribution < -0.4 is 10.1 Å². The molecule has 2 aromatic carbocycles. The summed E-state index contributed by atoms with van der Waals surface area (Å²) in [7, 11) is 0. The molecule has 0 aliphatic heterocycles. The second kappa shape index (κ2) is 7.10. The Kier molecular flexibility index (Phi) is 4.85. The fraction of sp³-hybridized carbons (Fsp3) is 0.364. The molecule has 3 aliphatic rings. The molecule has 29 heavy (non-hydrogen) atoms. The van der Waals surface area contributed by atoms with Gasteiger partial charge in [0.05, 0.1) is 10.6 Å². The van der Waals surface area contributed by atoms with E-state index in [4.69, 9.17) is 16.3 Å². The number of rotatable bonds is 7. The van der Waals surface area contributed by atoms with Crippen molar-refractivity contribution in [1.29, 1.82) is 0 Å². The van der Waals surface area contributed by atoms with Gasteiger partial charge in [-0.15, -0.1) is 0 Å². The van der Waals surface area contributed by atoms with Crippen LogP contribution in [0, 0.1) is 24.0 Å². The van der Waals surface area contributed by atoms with Gasteiger partial charge in [0.1, 0.15) is 17.4 Å². The number of nitrogens with one attached hydrogen (secondary N) is 1. The molecule has 0 atom stereocenters. The molecule has 0 aromatic heterocycles. The molecule has 4 nitrogen and oxygen atoms in total. The van der Waals surface area contributed by atoms with E-state index in [1.165, 1.54) is 24.3 Å². The van der Waals surface area contributed by atoms with Gasteiger partial charge in [0, 0.05) is 18.0 Å². The number of halogens is 3. The van der Waals surface area contributed by atoms with Crippen LogP contribution in [0.2, 0.25) is 5.02 Å². The minimum Gasteiger partial charge on any atom is -0.484 e. The first-order valence-electron chi connectivity index (χ1n) is 9.38. The van der Waals surface area contributed by atoms with Crippen molar-refractivity contribution >= 4 is 23.3 Å². The number of aryl methyl sites for hydroxylation is 1. The van der Waals surface area contributed by atoms with Crippen LogP contribution in [0.1, 0.15) is 41.6 Å². The number of ketones is 1. The van der Waals surface area contributed by atoms with Gasteiger partial charge in [-0.25, -0.2) is 8.78 Å². The summed E-state index contributed by atoms with van der Waals surface area (Å²) >= 11 is 5.61. The highest BCUT2D eigenvalue weighted by molar-refractivity contribution is 6.30. The average Bonchev–Trinajstić information content (AvgIpc) is 2.59. The Balaban J connectivity index is 1.26. The second-order valence-corrected chi connectivity index (χ2v) is 8.71. The molecule has 3 aliphatic carbocycles. The van der Waals surface area contributed by atoms with Gasteiger partial charge in [0.2, 0.25) is 0 Å². The summed E-state index contributed by atoms with van der Waals surface area (Å²) in [6.45, 7) is 1.54. The van der Waals surface area contributed by atoms with E-state index in [-0.39, 0.29) is 52.0 Å². The Morgan fingerprint density at radius 2 is 1.83 bits per heavy atom. The summed E-state index contributed by atoms with van der Waals surface area (Å²) < 4.78 is 32.7. The fourth-order valence-electron chi connectivity index (χ4n) is 4.65. The van der Waals surface area contributed by atoms with Crippen LogP contribution in [0.15, 0.2) is 36.4 Å². The number of Topliss-reactive ketones (excluding diaryl/α,β-unsaturated/α-hetero) is 1. The van der Waals surface area contributed by atoms with Crippen LogP contribution in [0.25, 0.3) is 0 Å². The normalized spacial score (nSPS) is 24.3. The van der Waals surface area contributed by atoms with Crippen LogP contribution in [0.5, 0.6) is 5.75 Å². The molecule has 0 radical (unpaired) electrons. The molecule has 2 aromatic rings. The minimum absolute atomic E-state index is 0.0129. The lowest BCUT2D eigenvalue weighted by Crippen LogP contribution is -2.75. The van der Waals surface area contributed by atoms with Crippen molar-refractivity contribution in [3.8, 4) is 5.75 Å². The third-order valence-corrected chi connectivity index (χ3v) is 6.07. The fourth-order valence-corrected chi connectivity index (χ4v) is 4.77. The van der Waals surface area contributed by atoms with Crippen LogP contribution in [-0.2, 0) is 4.79 Å². The summed E-state index contributed by atoms with van der Waals surface area (Å²) in [6, 6.07) is 8.61. The van der Waals surface area contributed by atoms with Gasteiger partial charge in [0.25, 0.3) is 5.91 Å². The van der Waals surface area contributed by atoms with Gasteiger partial charge < -0.3 is 10.1 Å². The molecule has 152 valence electrons. The topological polar surface area (TPSA) is 55.4 Å². The maximum absolute atomic E-state index is 14.0. The highest BCUT2D eigenvalue weighted by atomic mass is 35.5. The SMILES string of the molecule is Cc1ccc(C(=O)CC23CC(NC(=O)COc4ccc(Cl)c(F)c4)(C2)C3)c(F)c1. The second-order valence-electron chi connectivity index (χ2n) is 8.31. The van der Waals surface area contributed by atoms with Gasteiger partial charge in [-0.1, -0.05) is 17.7 Å². The Labute approximate surface area is 172 Å². The number of carbonyl (C=O) groups excluding carboxylic acids is 2. The quantitative estimate of drug-likeness (QED) is 0.666. The van der Waals surface area contributed by atoms with E-state index in [0.717, 1.165) is 11.6 Å². The van der Waals surface area contributed by atoms with Crippen molar-refractivity contribution in [2.45, 2.75) is 38.1 Å². The number of carbonyl (C=O) groups is 2. The lowest BCUT2D eigenvalue weighted by atomic mass is 9.38. The zero-order chi connectivity index (χ0) is 20.8. The van der Waals surface area contributed by atoms with Crippen molar-refractivity contribution in [3.63, 3.8) is 0 Å². The third kappa shape index (κ3) is 3.86. The van der Waals surface area contributed by atoms with E-state index in [1.807, 2.05) is 0 Å². The van der Waals surface area contributed by atoms with E-state index < -0.39 is 11.6 Å². The van der Waals surface area contributed by atoms with Crippen molar-refractivity contribution in [2.24, 2.45) is 5.41 Å². The summed E-state index contributed by atoms with van der Waals surface area (Å²) in [4.78, 5) is 24.6. The average molecular weight is 420 g/mol. The van der Waals surface area contributed by atoms with Crippen molar-refractivity contribution < 1.29 is 23.1 Å². The van der Waals surface area contributed by atoms with E-state index >= 15 is 0 Å². The Bertz CT molecular complexity index is 988. The summed E-state index contributed by atoms with van der Waals surface area (Å²) in [5, 5.41) is 2.93. The van der Waals surface area contributed by atoms with Gasteiger partial charge in [0.15, 0.2) is 12.4 Å². The summed E-state index contributed by atoms with van der Waals surface area (Å²) in [5.74, 6) is -1.37. The zero-order valence-corrected chi connectivity index (χ0v) is 16.6. The van der Waals surface area contributed by atoms with E-state index in [2.05, 4.69) is 5.32 Å². The Morgan fingerprint density at radius 3 is 2.48 bits per heavy atom. The van der Waals surface area contributed by atoms with E-state index in [1.54, 1.807) is 13.0 Å². The standard InChI is InChI=1S/C22H20ClF2NO3/c1-13-2-4-15(17(24)6-13)19(27)8-21-10-22(11-21,12-21)26-20(28)9-29-14-3-5-16(23)18(25)7-14/h2-7H,8-12H2,1H3,(H,26,28). The lowest BCUT2D eigenvalue weighted by Gasteiger charge is -2.70. The van der Waals surface area contributed by atoms with E-state index in [0.29, 0.717) is 19.3 Å². The van der Waals surface area contributed by atoms with Gasteiger partial charge in [-0.05, 0) is 61.4 Å². The first-order valence-corrected chi connectivity index (χ1v) is 9.75. The van der Waals surface area contributed by atoms with Crippen molar-refractivity contribution in [1.82, 2.24) is 5.32 Å². The molecular formula is C22H20ClF2NO3. The highest BCUT2D eigenvalue weighted by Crippen LogP contribution is 2.69. The molecule has 1 amide bonds. The number of hydrogen-bond acceptors (Lipinski definition) is 3.